The van der Waals surface area contributed by atoms with Gasteiger partial charge in [-0.15, -0.1) is 4.73 Å². The quantitative estimate of drug-likeness (QED) is 0.283. The second-order valence-corrected chi connectivity index (χ2v) is 1.50. The largest absolute Gasteiger partial charge is 1.00 e. The van der Waals surface area contributed by atoms with Crippen molar-refractivity contribution >= 4 is 7.91 Å². The minimum atomic E-state index is -5.56. The summed E-state index contributed by atoms with van der Waals surface area (Å²) in [5.41, 5.74) is 0. The van der Waals surface area contributed by atoms with Gasteiger partial charge in [0.15, 0.2) is 0 Å². The average Bonchev–Trinajstić information content (AvgIpc) is 1.35. The van der Waals surface area contributed by atoms with E-state index < -0.39 is 7.91 Å². The van der Waals surface area contributed by atoms with Crippen molar-refractivity contribution in [1.82, 2.24) is 0 Å². The third-order valence-corrected chi connectivity index (χ3v) is 0.247. The van der Waals surface area contributed by atoms with Crippen molar-refractivity contribution in [2.45, 2.75) is 0 Å². The molecular weight excluding hydrogens is 124 g/mol. The number of hydrogen-bond acceptors (Lipinski definition) is 3. The summed E-state index contributed by atoms with van der Waals surface area (Å²) in [6.07, 6.45) is 0. The third-order valence-electron chi connectivity index (χ3n) is 0.0824. The van der Waals surface area contributed by atoms with Crippen LogP contribution in [-0.2, 0) is 9.29 Å². The zero-order chi connectivity index (χ0) is 5.21. The van der Waals surface area contributed by atoms with Crippen molar-refractivity contribution in [2.75, 3.05) is 0 Å². The second kappa shape index (κ2) is 3.59. The molecule has 3 nitrogen and oxygen atoms in total. The van der Waals surface area contributed by atoms with Gasteiger partial charge in [-0.1, -0.05) is 0 Å². The predicted octanol–water partition coefficient (Wildman–Crippen LogP) is -2.67. The Morgan fingerprint density at radius 2 is 1.86 bits per heavy atom. The summed E-state index contributed by atoms with van der Waals surface area (Å²) in [6.45, 7) is 0. The van der Waals surface area contributed by atoms with Crippen LogP contribution in [0.3, 0.4) is 0 Å². The fourth-order valence-corrected chi connectivity index (χ4v) is 0. The van der Waals surface area contributed by atoms with E-state index in [4.69, 9.17) is 9.46 Å². The Kier molecular flexibility index (Phi) is 5.42. The molecule has 0 spiro atoms. The predicted molar refractivity (Wildman–Crippen MR) is 10.9 cm³/mol. The van der Waals surface area contributed by atoms with Crippen LogP contribution in [0.25, 0.3) is 0 Å². The van der Waals surface area contributed by atoms with Gasteiger partial charge in [0.2, 0.25) is 0 Å². The Morgan fingerprint density at radius 3 is 1.86 bits per heavy atom. The van der Waals surface area contributed by atoms with Gasteiger partial charge in [0, 0.05) is 0 Å². The molecule has 38 valence electrons. The zero-order valence-electron chi connectivity index (χ0n) is 3.43. The van der Waals surface area contributed by atoms with E-state index in [1.807, 2.05) is 0 Å². The normalized spacial score (nSPS) is 17.0. The molecule has 0 aromatic carbocycles. The zero-order valence-corrected chi connectivity index (χ0v) is 4.32. The molecule has 1 unspecified atom stereocenters. The Bertz CT molecular complexity index is 77.0. The molecule has 7 heavy (non-hydrogen) atoms. The van der Waals surface area contributed by atoms with Crippen molar-refractivity contribution in [1.29, 1.82) is 0 Å². The molecule has 7 heteroatoms. The van der Waals surface area contributed by atoms with Gasteiger partial charge in [-0.2, -0.15) is 4.20 Å². The van der Waals surface area contributed by atoms with Crippen molar-refractivity contribution in [3.63, 3.8) is 0 Å². The van der Waals surface area contributed by atoms with Gasteiger partial charge in [0.25, 0.3) is 0 Å². The Hall–Kier alpha value is 0.607. The molecule has 0 rings (SSSR count). The minimum absolute atomic E-state index is 0. The summed E-state index contributed by atoms with van der Waals surface area (Å²) in [5, 5.41) is 0. The molecule has 0 N–H and O–H groups in total. The van der Waals surface area contributed by atoms with E-state index in [0.717, 1.165) is 0 Å². The molecule has 1 atom stereocenters. The SMILES string of the molecule is O=P([O-])(F)OF.[Li+]. The van der Waals surface area contributed by atoms with Crippen LogP contribution in [0.1, 0.15) is 0 Å². The maximum Gasteiger partial charge on any atom is 1.00 e. The van der Waals surface area contributed by atoms with Crippen LogP contribution in [-0.4, -0.2) is 0 Å². The molecule has 0 bridgehead atoms. The summed E-state index contributed by atoms with van der Waals surface area (Å²) in [6, 6.07) is 0. The molecule has 0 aromatic rings. The summed E-state index contributed by atoms with van der Waals surface area (Å²) in [5.74, 6) is 0. The second-order valence-electron chi connectivity index (χ2n) is 0.500. The molecule has 0 saturated heterocycles. The van der Waals surface area contributed by atoms with Gasteiger partial charge in [0.05, 0.1) is 0 Å². The van der Waals surface area contributed by atoms with Gasteiger partial charge in [-0.05, 0) is 4.53 Å². The van der Waals surface area contributed by atoms with Crippen molar-refractivity contribution < 1.29 is 41.8 Å². The van der Waals surface area contributed by atoms with E-state index in [1.165, 1.54) is 0 Å². The third kappa shape index (κ3) is 10.8. The topological polar surface area (TPSA) is 49.4 Å². The van der Waals surface area contributed by atoms with Gasteiger partial charge in [0.1, 0.15) is 0 Å². The van der Waals surface area contributed by atoms with Crippen LogP contribution in [0.5, 0.6) is 0 Å². The Balaban J connectivity index is 0. The molecular formula is F2LiO3P. The Morgan fingerprint density at radius 1 is 1.71 bits per heavy atom. The van der Waals surface area contributed by atoms with Gasteiger partial charge in [-0.25, -0.2) is 0 Å². The van der Waals surface area contributed by atoms with E-state index in [2.05, 4.69) is 0 Å². The summed E-state index contributed by atoms with van der Waals surface area (Å²) in [4.78, 5) is 8.76. The van der Waals surface area contributed by atoms with Crippen molar-refractivity contribution in [2.24, 2.45) is 0 Å². The fourth-order valence-electron chi connectivity index (χ4n) is 0. The van der Waals surface area contributed by atoms with Crippen molar-refractivity contribution in [3.05, 3.63) is 0 Å². The Labute approximate surface area is 50.4 Å². The molecule has 0 aliphatic rings. The van der Waals surface area contributed by atoms with Crippen LogP contribution in [0.4, 0.5) is 8.72 Å². The van der Waals surface area contributed by atoms with Crippen LogP contribution in [0.15, 0.2) is 0 Å². The van der Waals surface area contributed by atoms with Crippen LogP contribution in [0, 0.1) is 0 Å². The smallest absolute Gasteiger partial charge is 0.751 e. The number of rotatable bonds is 1. The fraction of sp³-hybridized carbons (Fsp3) is 0. The molecule has 0 aliphatic heterocycles. The van der Waals surface area contributed by atoms with E-state index in [9.17, 15) is 8.72 Å². The van der Waals surface area contributed by atoms with Gasteiger partial charge < -0.3 is 4.89 Å². The molecule has 0 radical (unpaired) electrons. The first-order chi connectivity index (χ1) is 2.56. The summed E-state index contributed by atoms with van der Waals surface area (Å²) in [7, 11) is -5.56. The van der Waals surface area contributed by atoms with Crippen LogP contribution in [0.2, 0.25) is 0 Å². The molecule has 0 heterocycles. The van der Waals surface area contributed by atoms with E-state index in [0.29, 0.717) is 0 Å². The first-order valence-electron chi connectivity index (χ1n) is 0.871. The average molecular weight is 124 g/mol. The maximum atomic E-state index is 10.5. The van der Waals surface area contributed by atoms with Crippen molar-refractivity contribution in [3.8, 4) is 0 Å². The first-order valence-corrected chi connectivity index (χ1v) is 2.30. The van der Waals surface area contributed by atoms with Gasteiger partial charge in [-0.3, -0.25) is 4.57 Å². The van der Waals surface area contributed by atoms with Crippen LogP contribution >= 0.6 is 7.91 Å². The molecule has 0 fully saturated rings. The van der Waals surface area contributed by atoms with E-state index in [1.54, 1.807) is 4.73 Å². The van der Waals surface area contributed by atoms with Gasteiger partial charge >= 0.3 is 26.8 Å². The molecule has 0 aliphatic carbocycles. The molecule has 0 aromatic heterocycles. The van der Waals surface area contributed by atoms with E-state index >= 15 is 0 Å². The molecule has 0 saturated carbocycles. The summed E-state index contributed by atoms with van der Waals surface area (Å²) < 4.78 is 31.1. The monoisotopic (exact) mass is 124 g/mol. The first kappa shape index (κ1) is 10.6. The maximum absolute atomic E-state index is 10.5. The minimum Gasteiger partial charge on any atom is -0.751 e. The van der Waals surface area contributed by atoms with E-state index in [-0.39, 0.29) is 18.9 Å². The van der Waals surface area contributed by atoms with Crippen LogP contribution < -0.4 is 23.8 Å². The molecule has 0 amide bonds. The summed E-state index contributed by atoms with van der Waals surface area (Å²) >= 11 is 0. The number of halogens is 2. The number of hydrogen-bond donors (Lipinski definition) is 0. The standard InChI is InChI=1S/F2HO3P.Li/c1-5-6(2,3)4;/h(H,3,4);/q;+1/p-1.